The smallest absolute Gasteiger partial charge is 0.0476 e. The lowest BCUT2D eigenvalue weighted by Gasteiger charge is -2.14. The normalized spacial score (nSPS) is 12.8. The van der Waals surface area contributed by atoms with Crippen molar-refractivity contribution >= 4 is 27.5 Å². The monoisotopic (exact) mass is 305 g/mol. The van der Waals surface area contributed by atoms with E-state index >= 15 is 0 Å². The predicted octanol–water partition coefficient (Wildman–Crippen LogP) is 3.62. The Morgan fingerprint density at radius 3 is 2.94 bits per heavy atom. The molecule has 0 saturated heterocycles. The molecule has 0 bridgehead atoms. The number of benzene rings is 1. The zero-order valence-corrected chi connectivity index (χ0v) is 11.9. The summed E-state index contributed by atoms with van der Waals surface area (Å²) in [5, 5.41) is 4.20. The Balaban J connectivity index is 2.44. The van der Waals surface area contributed by atoms with E-state index in [-0.39, 0.29) is 0 Å². The van der Waals surface area contributed by atoms with E-state index in [9.17, 15) is 0 Å². The average molecular weight is 307 g/mol. The maximum absolute atomic E-state index is 5.95. The molecule has 1 aromatic carbocycles. The minimum Gasteiger partial charge on any atom is -0.385 e. The van der Waals surface area contributed by atoms with Crippen molar-refractivity contribution in [3.05, 3.63) is 33.3 Å². The minimum atomic E-state index is 0.436. The van der Waals surface area contributed by atoms with E-state index in [1.165, 1.54) is 5.56 Å². The fourth-order valence-electron chi connectivity index (χ4n) is 1.36. The van der Waals surface area contributed by atoms with Crippen molar-refractivity contribution in [2.24, 2.45) is 0 Å². The van der Waals surface area contributed by atoms with Gasteiger partial charge in [-0.05, 0) is 37.1 Å². The molecule has 0 aliphatic heterocycles. The molecule has 1 atom stereocenters. The van der Waals surface area contributed by atoms with Gasteiger partial charge in [0.05, 0.1) is 0 Å². The molecule has 0 aromatic heterocycles. The van der Waals surface area contributed by atoms with Crippen LogP contribution in [0.15, 0.2) is 22.7 Å². The molecule has 2 nitrogen and oxygen atoms in total. The molecule has 0 heterocycles. The summed E-state index contributed by atoms with van der Waals surface area (Å²) in [5.41, 5.74) is 1.18. The summed E-state index contributed by atoms with van der Waals surface area (Å²) < 4.78 is 6.12. The molecule has 0 spiro atoms. The van der Waals surface area contributed by atoms with Crippen LogP contribution < -0.4 is 5.32 Å². The summed E-state index contributed by atoms with van der Waals surface area (Å²) in [7, 11) is 1.72. The van der Waals surface area contributed by atoms with Crippen LogP contribution in [-0.2, 0) is 11.3 Å². The molecule has 0 aliphatic rings. The highest BCUT2D eigenvalue weighted by Crippen LogP contribution is 2.21. The van der Waals surface area contributed by atoms with Gasteiger partial charge in [0.15, 0.2) is 0 Å². The van der Waals surface area contributed by atoms with Crippen LogP contribution in [-0.4, -0.2) is 19.8 Å². The van der Waals surface area contributed by atoms with Gasteiger partial charge in [0.25, 0.3) is 0 Å². The minimum absolute atomic E-state index is 0.436. The predicted molar refractivity (Wildman–Crippen MR) is 71.9 cm³/mol. The number of rotatable bonds is 6. The molecule has 0 fully saturated rings. The third-order valence-corrected chi connectivity index (χ3v) is 3.41. The number of nitrogens with one attached hydrogen (secondary N) is 1. The second-order valence-corrected chi connectivity index (χ2v) is 5.09. The van der Waals surface area contributed by atoms with Gasteiger partial charge in [-0.2, -0.15) is 0 Å². The maximum Gasteiger partial charge on any atom is 0.0476 e. The molecule has 1 rings (SSSR count). The molecular weight excluding hydrogens is 289 g/mol. The van der Waals surface area contributed by atoms with E-state index in [1.807, 2.05) is 18.2 Å². The summed E-state index contributed by atoms with van der Waals surface area (Å²) in [5.74, 6) is 0. The Morgan fingerprint density at radius 1 is 1.50 bits per heavy atom. The number of methoxy groups -OCH3 is 1. The van der Waals surface area contributed by atoms with E-state index < -0.39 is 0 Å². The lowest BCUT2D eigenvalue weighted by atomic mass is 10.2. The van der Waals surface area contributed by atoms with Crippen molar-refractivity contribution in [2.75, 3.05) is 13.7 Å². The highest BCUT2D eigenvalue weighted by atomic mass is 79.9. The molecule has 0 aliphatic carbocycles. The Kier molecular flexibility index (Phi) is 6.36. The van der Waals surface area contributed by atoms with Gasteiger partial charge < -0.3 is 10.1 Å². The molecule has 0 amide bonds. The maximum atomic E-state index is 5.95. The summed E-state index contributed by atoms with van der Waals surface area (Å²) in [6.45, 7) is 3.74. The molecular formula is C12H17BrClNO. The third kappa shape index (κ3) is 4.83. The van der Waals surface area contributed by atoms with Gasteiger partial charge in [0.1, 0.15) is 0 Å². The summed E-state index contributed by atoms with van der Waals surface area (Å²) in [6.07, 6.45) is 1.01. The summed E-state index contributed by atoms with van der Waals surface area (Å²) >= 11 is 9.46. The van der Waals surface area contributed by atoms with Gasteiger partial charge in [-0.3, -0.25) is 0 Å². The first kappa shape index (κ1) is 14.0. The molecule has 0 saturated carbocycles. The number of halogens is 2. The number of hydrogen-bond acceptors (Lipinski definition) is 2. The second kappa shape index (κ2) is 7.28. The van der Waals surface area contributed by atoms with Crippen LogP contribution in [0.25, 0.3) is 0 Å². The van der Waals surface area contributed by atoms with Crippen molar-refractivity contribution in [3.63, 3.8) is 0 Å². The molecule has 4 heteroatoms. The van der Waals surface area contributed by atoms with E-state index in [0.29, 0.717) is 6.04 Å². The quantitative estimate of drug-likeness (QED) is 0.867. The van der Waals surface area contributed by atoms with Crippen molar-refractivity contribution in [2.45, 2.75) is 25.9 Å². The second-order valence-electron chi connectivity index (χ2n) is 3.80. The number of ether oxygens (including phenoxy) is 1. The lowest BCUT2D eigenvalue weighted by Crippen LogP contribution is -2.26. The van der Waals surface area contributed by atoms with Gasteiger partial charge in [-0.1, -0.05) is 27.5 Å². The zero-order valence-electron chi connectivity index (χ0n) is 9.59. The van der Waals surface area contributed by atoms with Crippen molar-refractivity contribution in [1.82, 2.24) is 5.32 Å². The summed E-state index contributed by atoms with van der Waals surface area (Å²) in [4.78, 5) is 0. The van der Waals surface area contributed by atoms with Crippen molar-refractivity contribution < 1.29 is 4.74 Å². The lowest BCUT2D eigenvalue weighted by molar-refractivity contribution is 0.184. The third-order valence-electron chi connectivity index (χ3n) is 2.40. The Bertz CT molecular complexity index is 333. The van der Waals surface area contributed by atoms with Gasteiger partial charge in [-0.15, -0.1) is 0 Å². The largest absolute Gasteiger partial charge is 0.385 e. The average Bonchev–Trinajstić information content (AvgIpc) is 2.27. The molecule has 0 radical (unpaired) electrons. The Labute approximate surface area is 110 Å². The fraction of sp³-hybridized carbons (Fsp3) is 0.500. The molecule has 1 aromatic rings. The van der Waals surface area contributed by atoms with Crippen molar-refractivity contribution in [3.8, 4) is 0 Å². The SMILES string of the molecule is COCCC(C)NCc1cc(Cl)ccc1Br. The number of hydrogen-bond donors (Lipinski definition) is 1. The van der Waals surface area contributed by atoms with Gasteiger partial charge in [0.2, 0.25) is 0 Å². The highest BCUT2D eigenvalue weighted by molar-refractivity contribution is 9.10. The Hall–Kier alpha value is -0.0900. The first-order chi connectivity index (χ1) is 7.63. The van der Waals surface area contributed by atoms with E-state index in [4.69, 9.17) is 16.3 Å². The molecule has 16 heavy (non-hydrogen) atoms. The van der Waals surface area contributed by atoms with E-state index in [0.717, 1.165) is 29.1 Å². The standard InChI is InChI=1S/C12H17BrClNO/c1-9(5-6-16-2)15-8-10-7-11(14)3-4-12(10)13/h3-4,7,9,15H,5-6,8H2,1-2H3. The summed E-state index contributed by atoms with van der Waals surface area (Å²) in [6, 6.07) is 6.26. The molecule has 1 unspecified atom stereocenters. The topological polar surface area (TPSA) is 21.3 Å². The first-order valence-corrected chi connectivity index (χ1v) is 6.47. The van der Waals surface area contributed by atoms with Crippen LogP contribution in [0, 0.1) is 0 Å². The van der Waals surface area contributed by atoms with Crippen LogP contribution in [0.4, 0.5) is 0 Å². The van der Waals surface area contributed by atoms with Crippen LogP contribution in [0.3, 0.4) is 0 Å². The first-order valence-electron chi connectivity index (χ1n) is 5.29. The van der Waals surface area contributed by atoms with Gasteiger partial charge >= 0.3 is 0 Å². The van der Waals surface area contributed by atoms with Crippen LogP contribution >= 0.6 is 27.5 Å². The van der Waals surface area contributed by atoms with E-state index in [2.05, 4.69) is 28.2 Å². The van der Waals surface area contributed by atoms with Crippen molar-refractivity contribution in [1.29, 1.82) is 0 Å². The van der Waals surface area contributed by atoms with E-state index in [1.54, 1.807) is 7.11 Å². The zero-order chi connectivity index (χ0) is 12.0. The fourth-order valence-corrected chi connectivity index (χ4v) is 1.94. The van der Waals surface area contributed by atoms with Gasteiger partial charge in [0, 0.05) is 35.8 Å². The Morgan fingerprint density at radius 2 is 2.25 bits per heavy atom. The highest BCUT2D eigenvalue weighted by Gasteiger charge is 2.04. The molecule has 1 N–H and O–H groups in total. The van der Waals surface area contributed by atoms with Gasteiger partial charge in [-0.25, -0.2) is 0 Å². The molecule has 90 valence electrons. The van der Waals surface area contributed by atoms with Crippen LogP contribution in [0.2, 0.25) is 5.02 Å². The van der Waals surface area contributed by atoms with Crippen LogP contribution in [0.5, 0.6) is 0 Å². The van der Waals surface area contributed by atoms with Crippen LogP contribution in [0.1, 0.15) is 18.9 Å².